The van der Waals surface area contributed by atoms with Crippen molar-refractivity contribution >= 4 is 11.8 Å². The Kier molecular flexibility index (Phi) is 6.92. The van der Waals surface area contributed by atoms with Gasteiger partial charge in [-0.15, -0.1) is 0 Å². The third kappa shape index (κ3) is 5.72. The summed E-state index contributed by atoms with van der Waals surface area (Å²) in [6.45, 7) is 0.257. The lowest BCUT2D eigenvalue weighted by molar-refractivity contribution is 0.635. The van der Waals surface area contributed by atoms with Crippen molar-refractivity contribution in [1.82, 2.24) is 5.32 Å². The van der Waals surface area contributed by atoms with Crippen LogP contribution in [0.5, 0.6) is 0 Å². The molecule has 0 aliphatic heterocycles. The second kappa shape index (κ2) is 7.40. The first-order valence-corrected chi connectivity index (χ1v) is 4.73. The van der Waals surface area contributed by atoms with E-state index in [2.05, 4.69) is 11.4 Å². The van der Waals surface area contributed by atoms with Gasteiger partial charge in [-0.05, 0) is 18.4 Å². The average Bonchev–Trinajstić information content (AvgIpc) is 2.05. The van der Waals surface area contributed by atoms with Crippen LogP contribution >= 0.6 is 11.8 Å². The zero-order valence-corrected chi connectivity index (χ0v) is 7.32. The topological polar surface area (TPSA) is 59.6 Å². The maximum atomic E-state index is 8.55. The second-order valence-electron chi connectivity index (χ2n) is 2.00. The predicted octanol–water partition coefficient (Wildman–Crippen LogP) is 0.745. The first kappa shape index (κ1) is 10.3. The van der Waals surface area contributed by atoms with E-state index in [-0.39, 0.29) is 12.6 Å². The fraction of sp³-hybridized carbons (Fsp3) is 0.714. The third-order valence-electron chi connectivity index (χ3n) is 1.19. The molecule has 0 amide bonds. The Bertz CT molecular complexity index is 168. The summed E-state index contributed by atoms with van der Waals surface area (Å²) in [6.07, 6.45) is 2.80. The number of nitrogens with zero attached hydrogens (tertiary/aromatic N) is 2. The van der Waals surface area contributed by atoms with Crippen molar-refractivity contribution in [2.45, 2.75) is 12.5 Å². The molecular weight excluding hydrogens is 158 g/mol. The quantitative estimate of drug-likeness (QED) is 0.617. The molecule has 1 unspecified atom stereocenters. The van der Waals surface area contributed by atoms with E-state index in [0.29, 0.717) is 0 Å². The van der Waals surface area contributed by atoms with Gasteiger partial charge in [0.2, 0.25) is 0 Å². The van der Waals surface area contributed by atoms with Gasteiger partial charge < -0.3 is 0 Å². The molecule has 0 saturated carbocycles. The van der Waals surface area contributed by atoms with Gasteiger partial charge in [-0.3, -0.25) is 5.32 Å². The Morgan fingerprint density at radius 1 is 1.55 bits per heavy atom. The van der Waals surface area contributed by atoms with Crippen LogP contribution in [0.3, 0.4) is 0 Å². The maximum Gasteiger partial charge on any atom is 0.0968 e. The van der Waals surface area contributed by atoms with E-state index >= 15 is 0 Å². The number of rotatable bonds is 5. The van der Waals surface area contributed by atoms with E-state index in [1.807, 2.05) is 12.3 Å². The van der Waals surface area contributed by atoms with Crippen LogP contribution in [0.4, 0.5) is 0 Å². The normalized spacial score (nSPS) is 11.5. The first-order valence-electron chi connectivity index (χ1n) is 3.34. The Balaban J connectivity index is 3.45. The van der Waals surface area contributed by atoms with Crippen LogP contribution in [-0.2, 0) is 0 Å². The van der Waals surface area contributed by atoms with E-state index in [4.69, 9.17) is 10.5 Å². The zero-order valence-electron chi connectivity index (χ0n) is 6.50. The summed E-state index contributed by atoms with van der Waals surface area (Å²) in [5, 5.41) is 19.6. The molecule has 0 fully saturated rings. The van der Waals surface area contributed by atoms with Crippen LogP contribution in [0.15, 0.2) is 0 Å². The van der Waals surface area contributed by atoms with Crippen LogP contribution in [0.25, 0.3) is 0 Å². The van der Waals surface area contributed by atoms with Gasteiger partial charge in [-0.1, -0.05) is 0 Å². The van der Waals surface area contributed by atoms with Gasteiger partial charge >= 0.3 is 0 Å². The van der Waals surface area contributed by atoms with E-state index in [1.54, 1.807) is 11.8 Å². The highest BCUT2D eigenvalue weighted by atomic mass is 32.2. The molecule has 11 heavy (non-hydrogen) atoms. The van der Waals surface area contributed by atoms with Gasteiger partial charge in [-0.2, -0.15) is 22.3 Å². The van der Waals surface area contributed by atoms with Crippen molar-refractivity contribution in [3.05, 3.63) is 0 Å². The Morgan fingerprint density at radius 3 is 2.73 bits per heavy atom. The molecule has 0 aromatic heterocycles. The molecule has 1 N–H and O–H groups in total. The standard InChI is InChI=1S/C7H11N3S/c1-11-5-2-7(6-9)10-4-3-8/h7,10H,2,4-5H2,1H3. The Morgan fingerprint density at radius 2 is 2.27 bits per heavy atom. The average molecular weight is 169 g/mol. The first-order chi connectivity index (χ1) is 5.35. The third-order valence-corrected chi connectivity index (χ3v) is 1.84. The van der Waals surface area contributed by atoms with Gasteiger partial charge in [0.25, 0.3) is 0 Å². The van der Waals surface area contributed by atoms with Gasteiger partial charge in [-0.25, -0.2) is 0 Å². The number of thioether (sulfide) groups is 1. The maximum absolute atomic E-state index is 8.55. The van der Waals surface area contributed by atoms with Crippen molar-refractivity contribution in [2.75, 3.05) is 18.6 Å². The van der Waals surface area contributed by atoms with E-state index in [0.717, 1.165) is 12.2 Å². The molecule has 0 aliphatic rings. The molecule has 60 valence electrons. The molecular formula is C7H11N3S. The molecule has 0 spiro atoms. The molecule has 1 atom stereocenters. The van der Waals surface area contributed by atoms with Crippen LogP contribution in [0.1, 0.15) is 6.42 Å². The van der Waals surface area contributed by atoms with Crippen molar-refractivity contribution < 1.29 is 0 Å². The summed E-state index contributed by atoms with van der Waals surface area (Å²) < 4.78 is 0. The SMILES string of the molecule is CSCCC(C#N)NCC#N. The highest BCUT2D eigenvalue weighted by Crippen LogP contribution is 1.98. The minimum Gasteiger partial charge on any atom is -0.289 e. The van der Waals surface area contributed by atoms with E-state index < -0.39 is 0 Å². The highest BCUT2D eigenvalue weighted by Gasteiger charge is 2.03. The molecule has 0 saturated heterocycles. The fourth-order valence-electron chi connectivity index (χ4n) is 0.617. The monoisotopic (exact) mass is 169 g/mol. The molecule has 0 aromatic carbocycles. The number of hydrogen-bond donors (Lipinski definition) is 1. The molecule has 0 heterocycles. The highest BCUT2D eigenvalue weighted by molar-refractivity contribution is 7.98. The molecule has 0 radical (unpaired) electrons. The molecule has 0 aliphatic carbocycles. The lowest BCUT2D eigenvalue weighted by atomic mass is 10.2. The van der Waals surface area contributed by atoms with Crippen LogP contribution in [0.2, 0.25) is 0 Å². The van der Waals surface area contributed by atoms with Crippen molar-refractivity contribution in [1.29, 1.82) is 10.5 Å². The van der Waals surface area contributed by atoms with Crippen molar-refractivity contribution in [3.63, 3.8) is 0 Å². The number of hydrogen-bond acceptors (Lipinski definition) is 4. The zero-order chi connectivity index (χ0) is 8.53. The van der Waals surface area contributed by atoms with Crippen molar-refractivity contribution in [3.8, 4) is 12.1 Å². The molecule has 0 bridgehead atoms. The smallest absolute Gasteiger partial charge is 0.0968 e. The van der Waals surface area contributed by atoms with Gasteiger partial charge in [0.05, 0.1) is 24.7 Å². The number of nitrogens with one attached hydrogen (secondary N) is 1. The lowest BCUT2D eigenvalue weighted by Gasteiger charge is -2.05. The summed E-state index contributed by atoms with van der Waals surface area (Å²) >= 11 is 1.70. The fourth-order valence-corrected chi connectivity index (χ4v) is 1.09. The summed E-state index contributed by atoms with van der Waals surface area (Å²) in [4.78, 5) is 0. The minimum atomic E-state index is -0.165. The largest absolute Gasteiger partial charge is 0.289 e. The number of nitriles is 2. The van der Waals surface area contributed by atoms with Crippen LogP contribution < -0.4 is 5.32 Å². The molecule has 0 rings (SSSR count). The minimum absolute atomic E-state index is 0.165. The summed E-state index contributed by atoms with van der Waals surface area (Å²) in [6, 6.07) is 3.87. The van der Waals surface area contributed by atoms with Crippen LogP contribution in [-0.4, -0.2) is 24.6 Å². The lowest BCUT2D eigenvalue weighted by Crippen LogP contribution is -2.28. The Hall–Kier alpha value is -0.710. The predicted molar refractivity (Wildman–Crippen MR) is 46.0 cm³/mol. The molecule has 3 nitrogen and oxygen atoms in total. The van der Waals surface area contributed by atoms with Crippen LogP contribution in [0, 0.1) is 22.7 Å². The van der Waals surface area contributed by atoms with Crippen molar-refractivity contribution in [2.24, 2.45) is 0 Å². The second-order valence-corrected chi connectivity index (χ2v) is 2.99. The summed E-state index contributed by atoms with van der Waals surface area (Å²) in [7, 11) is 0. The summed E-state index contributed by atoms with van der Waals surface area (Å²) in [5.41, 5.74) is 0. The molecule has 0 aromatic rings. The molecule has 4 heteroatoms. The van der Waals surface area contributed by atoms with Gasteiger partial charge in [0, 0.05) is 0 Å². The van der Waals surface area contributed by atoms with Gasteiger partial charge in [0.1, 0.15) is 0 Å². The van der Waals surface area contributed by atoms with Gasteiger partial charge in [0.15, 0.2) is 0 Å². The van der Waals surface area contributed by atoms with E-state index in [9.17, 15) is 0 Å². The summed E-state index contributed by atoms with van der Waals surface area (Å²) in [5.74, 6) is 0.955. The van der Waals surface area contributed by atoms with E-state index in [1.165, 1.54) is 0 Å². The Labute approximate surface area is 71.4 Å².